The molecule has 0 bridgehead atoms. The fourth-order valence-electron chi connectivity index (χ4n) is 1.86. The van der Waals surface area contributed by atoms with E-state index in [-0.39, 0.29) is 0 Å². The van der Waals surface area contributed by atoms with Crippen molar-refractivity contribution in [2.75, 3.05) is 17.7 Å². The van der Waals surface area contributed by atoms with Gasteiger partial charge in [0.2, 0.25) is 0 Å². The molecule has 1 amide bonds. The van der Waals surface area contributed by atoms with E-state index in [4.69, 9.17) is 11.5 Å². The van der Waals surface area contributed by atoms with Crippen LogP contribution in [0.2, 0.25) is 0 Å². The van der Waals surface area contributed by atoms with Crippen LogP contribution in [0.1, 0.15) is 15.9 Å². The SMILES string of the molecule is CN(Cc1csc(Br)c1)c1cc(N)ccc1C(N)=O. The predicted octanol–water partition coefficient (Wildman–Crippen LogP) is 2.83. The number of nitrogens with zero attached hydrogens (tertiary/aromatic N) is 1. The highest BCUT2D eigenvalue weighted by Crippen LogP contribution is 2.26. The van der Waals surface area contributed by atoms with Crippen LogP contribution in [0.4, 0.5) is 11.4 Å². The van der Waals surface area contributed by atoms with E-state index in [2.05, 4.69) is 27.4 Å². The average molecular weight is 340 g/mol. The Morgan fingerprint density at radius 2 is 2.16 bits per heavy atom. The van der Waals surface area contributed by atoms with Gasteiger partial charge in [0, 0.05) is 19.3 Å². The van der Waals surface area contributed by atoms with Gasteiger partial charge in [0.15, 0.2) is 0 Å². The maximum Gasteiger partial charge on any atom is 0.250 e. The molecule has 100 valence electrons. The van der Waals surface area contributed by atoms with Crippen molar-refractivity contribution in [1.29, 1.82) is 0 Å². The third kappa shape index (κ3) is 3.27. The molecule has 1 aromatic heterocycles. The van der Waals surface area contributed by atoms with Crippen LogP contribution in [-0.4, -0.2) is 13.0 Å². The third-order valence-electron chi connectivity index (χ3n) is 2.74. The van der Waals surface area contributed by atoms with Gasteiger partial charge in [-0.05, 0) is 51.1 Å². The van der Waals surface area contributed by atoms with Crippen LogP contribution in [-0.2, 0) is 6.54 Å². The minimum absolute atomic E-state index is 0.451. The first-order chi connectivity index (χ1) is 8.97. The van der Waals surface area contributed by atoms with E-state index < -0.39 is 5.91 Å². The monoisotopic (exact) mass is 339 g/mol. The summed E-state index contributed by atoms with van der Waals surface area (Å²) < 4.78 is 1.08. The van der Waals surface area contributed by atoms with Crippen molar-refractivity contribution in [3.63, 3.8) is 0 Å². The van der Waals surface area contributed by atoms with Crippen molar-refractivity contribution < 1.29 is 4.79 Å². The molecule has 6 heteroatoms. The zero-order valence-corrected chi connectivity index (χ0v) is 12.8. The molecule has 19 heavy (non-hydrogen) atoms. The van der Waals surface area contributed by atoms with Crippen molar-refractivity contribution in [2.24, 2.45) is 5.73 Å². The number of nitrogens with two attached hydrogens (primary N) is 2. The van der Waals surface area contributed by atoms with Crippen molar-refractivity contribution in [3.05, 3.63) is 44.6 Å². The number of nitrogen functional groups attached to an aromatic ring is 1. The van der Waals surface area contributed by atoms with E-state index in [0.717, 1.165) is 15.0 Å². The van der Waals surface area contributed by atoms with E-state index >= 15 is 0 Å². The lowest BCUT2D eigenvalue weighted by molar-refractivity contribution is 0.100. The highest BCUT2D eigenvalue weighted by molar-refractivity contribution is 9.11. The zero-order chi connectivity index (χ0) is 14.0. The molecular formula is C13H14BrN3OS. The van der Waals surface area contributed by atoms with Crippen LogP contribution in [0.25, 0.3) is 0 Å². The van der Waals surface area contributed by atoms with Crippen LogP contribution >= 0.6 is 27.3 Å². The molecule has 0 saturated heterocycles. The van der Waals surface area contributed by atoms with Gasteiger partial charge in [-0.15, -0.1) is 11.3 Å². The van der Waals surface area contributed by atoms with Crippen molar-refractivity contribution in [1.82, 2.24) is 0 Å². The summed E-state index contributed by atoms with van der Waals surface area (Å²) in [5.41, 5.74) is 14.2. The Bertz CT molecular complexity index is 612. The lowest BCUT2D eigenvalue weighted by atomic mass is 10.1. The number of halogens is 1. The summed E-state index contributed by atoms with van der Waals surface area (Å²) in [6, 6.07) is 7.16. The first-order valence-corrected chi connectivity index (χ1v) is 7.28. The molecule has 0 atom stereocenters. The number of hydrogen-bond acceptors (Lipinski definition) is 4. The molecule has 4 N–H and O–H groups in total. The number of thiophene rings is 1. The third-order valence-corrected chi connectivity index (χ3v) is 4.29. The van der Waals surface area contributed by atoms with Gasteiger partial charge in [-0.1, -0.05) is 0 Å². The Morgan fingerprint density at radius 1 is 1.42 bits per heavy atom. The van der Waals surface area contributed by atoms with Gasteiger partial charge in [0.25, 0.3) is 5.91 Å². The molecule has 2 rings (SSSR count). The molecule has 2 aromatic rings. The molecule has 0 unspecified atom stereocenters. The second-order valence-corrected chi connectivity index (χ2v) is 6.55. The Labute approximate surface area is 124 Å². The molecule has 1 heterocycles. The van der Waals surface area contributed by atoms with Crippen LogP contribution in [0, 0.1) is 0 Å². The molecular weight excluding hydrogens is 326 g/mol. The summed E-state index contributed by atoms with van der Waals surface area (Å²) in [4.78, 5) is 13.4. The lowest BCUT2D eigenvalue weighted by Gasteiger charge is -2.21. The molecule has 0 spiro atoms. The summed E-state index contributed by atoms with van der Waals surface area (Å²) >= 11 is 5.06. The Hall–Kier alpha value is -1.53. The molecule has 0 radical (unpaired) electrons. The molecule has 4 nitrogen and oxygen atoms in total. The van der Waals surface area contributed by atoms with E-state index in [1.807, 2.05) is 11.9 Å². The fourth-order valence-corrected chi connectivity index (χ4v) is 3.06. The van der Waals surface area contributed by atoms with Crippen LogP contribution < -0.4 is 16.4 Å². The molecule has 0 aliphatic carbocycles. The largest absolute Gasteiger partial charge is 0.399 e. The molecule has 1 aromatic carbocycles. The predicted molar refractivity (Wildman–Crippen MR) is 83.5 cm³/mol. The highest BCUT2D eigenvalue weighted by atomic mass is 79.9. The summed E-state index contributed by atoms with van der Waals surface area (Å²) in [6.45, 7) is 0.686. The van der Waals surface area contributed by atoms with E-state index in [1.54, 1.807) is 29.5 Å². The number of carbonyl (C=O) groups is 1. The number of rotatable bonds is 4. The van der Waals surface area contributed by atoms with Gasteiger partial charge in [-0.25, -0.2) is 0 Å². The summed E-state index contributed by atoms with van der Waals surface area (Å²) in [5.74, 6) is -0.451. The molecule has 0 fully saturated rings. The maximum atomic E-state index is 11.4. The molecule has 0 saturated carbocycles. The van der Waals surface area contributed by atoms with E-state index in [0.29, 0.717) is 17.8 Å². The first-order valence-electron chi connectivity index (χ1n) is 5.60. The normalized spacial score (nSPS) is 10.4. The summed E-state index contributed by atoms with van der Waals surface area (Å²) in [6.07, 6.45) is 0. The number of carbonyl (C=O) groups excluding carboxylic acids is 1. The molecule has 0 aliphatic rings. The van der Waals surface area contributed by atoms with Gasteiger partial charge < -0.3 is 16.4 Å². The minimum atomic E-state index is -0.451. The van der Waals surface area contributed by atoms with Gasteiger partial charge in [0.1, 0.15) is 0 Å². The van der Waals surface area contributed by atoms with Crippen molar-refractivity contribution >= 4 is 44.5 Å². The standard InChI is InChI=1S/C13H14BrN3OS/c1-17(6-8-4-12(14)19-7-8)11-5-9(15)2-3-10(11)13(16)18/h2-5,7H,6,15H2,1H3,(H2,16,18). The maximum absolute atomic E-state index is 11.4. The van der Waals surface area contributed by atoms with E-state index in [1.165, 1.54) is 0 Å². The number of amides is 1. The fraction of sp³-hybridized carbons (Fsp3) is 0.154. The smallest absolute Gasteiger partial charge is 0.250 e. The zero-order valence-electron chi connectivity index (χ0n) is 10.4. The number of hydrogen-bond donors (Lipinski definition) is 2. The summed E-state index contributed by atoms with van der Waals surface area (Å²) in [5, 5.41) is 2.07. The average Bonchev–Trinajstić information content (AvgIpc) is 2.74. The molecule has 0 aliphatic heterocycles. The minimum Gasteiger partial charge on any atom is -0.399 e. The lowest BCUT2D eigenvalue weighted by Crippen LogP contribution is -2.22. The van der Waals surface area contributed by atoms with E-state index in [9.17, 15) is 4.79 Å². The van der Waals surface area contributed by atoms with Gasteiger partial charge in [0.05, 0.1) is 15.0 Å². The highest BCUT2D eigenvalue weighted by Gasteiger charge is 2.13. The van der Waals surface area contributed by atoms with Crippen LogP contribution in [0.15, 0.2) is 33.4 Å². The van der Waals surface area contributed by atoms with Crippen LogP contribution in [0.3, 0.4) is 0 Å². The summed E-state index contributed by atoms with van der Waals surface area (Å²) in [7, 11) is 1.91. The Balaban J connectivity index is 2.29. The second-order valence-electron chi connectivity index (χ2n) is 4.26. The van der Waals surface area contributed by atoms with Gasteiger partial charge in [-0.2, -0.15) is 0 Å². The van der Waals surface area contributed by atoms with Gasteiger partial charge in [-0.3, -0.25) is 4.79 Å². The van der Waals surface area contributed by atoms with Crippen molar-refractivity contribution in [2.45, 2.75) is 6.54 Å². The van der Waals surface area contributed by atoms with Gasteiger partial charge >= 0.3 is 0 Å². The first kappa shape index (κ1) is 13.9. The number of anilines is 2. The number of benzene rings is 1. The second kappa shape index (κ2) is 5.63. The Morgan fingerprint density at radius 3 is 2.74 bits per heavy atom. The van der Waals surface area contributed by atoms with Crippen molar-refractivity contribution in [3.8, 4) is 0 Å². The Kier molecular flexibility index (Phi) is 4.11. The number of primary amides is 1. The van der Waals surface area contributed by atoms with Crippen LogP contribution in [0.5, 0.6) is 0 Å². The quantitative estimate of drug-likeness (QED) is 0.841. The topological polar surface area (TPSA) is 72.3 Å².